The van der Waals surface area contributed by atoms with E-state index in [1.807, 2.05) is 0 Å². The van der Waals surface area contributed by atoms with Crippen LogP contribution in [0.1, 0.15) is 44.7 Å². The molecule has 0 heterocycles. The van der Waals surface area contributed by atoms with Crippen LogP contribution in [0.3, 0.4) is 0 Å². The molecule has 0 aromatic heterocycles. The van der Waals surface area contributed by atoms with Gasteiger partial charge in [0.2, 0.25) is 0 Å². The molecule has 0 nitrogen and oxygen atoms in total. The van der Waals surface area contributed by atoms with Crippen LogP contribution in [0.2, 0.25) is 0 Å². The SMILES string of the molecule is C.CCCCCc1ccc(C)cc1. The third kappa shape index (κ3) is 4.72. The van der Waals surface area contributed by atoms with Crippen LogP contribution in [0.4, 0.5) is 0 Å². The summed E-state index contributed by atoms with van der Waals surface area (Å²) in [6, 6.07) is 8.87. The summed E-state index contributed by atoms with van der Waals surface area (Å²) >= 11 is 0. The molecule has 0 radical (unpaired) electrons. The summed E-state index contributed by atoms with van der Waals surface area (Å²) in [6.07, 6.45) is 5.24. The molecule has 0 amide bonds. The molecule has 74 valence electrons. The fourth-order valence-electron chi connectivity index (χ4n) is 1.33. The van der Waals surface area contributed by atoms with Crippen molar-refractivity contribution in [3.8, 4) is 0 Å². The Hall–Kier alpha value is -0.780. The molecule has 1 rings (SSSR count). The molecule has 0 spiro atoms. The van der Waals surface area contributed by atoms with Gasteiger partial charge in [-0.25, -0.2) is 0 Å². The zero-order valence-corrected chi connectivity index (χ0v) is 8.14. The maximum absolute atomic E-state index is 2.25. The molecule has 0 aliphatic carbocycles. The van der Waals surface area contributed by atoms with Gasteiger partial charge in [0, 0.05) is 0 Å². The van der Waals surface area contributed by atoms with Gasteiger partial charge < -0.3 is 0 Å². The maximum Gasteiger partial charge on any atom is -0.0279 e. The third-order valence-corrected chi connectivity index (χ3v) is 2.19. The van der Waals surface area contributed by atoms with Crippen molar-refractivity contribution in [3.05, 3.63) is 35.4 Å². The second-order valence-electron chi connectivity index (χ2n) is 3.44. The van der Waals surface area contributed by atoms with E-state index in [4.69, 9.17) is 0 Å². The smallest absolute Gasteiger partial charge is 0.0279 e. The average molecular weight is 178 g/mol. The number of rotatable bonds is 4. The van der Waals surface area contributed by atoms with E-state index in [9.17, 15) is 0 Å². The van der Waals surface area contributed by atoms with E-state index in [0.29, 0.717) is 0 Å². The Bertz CT molecular complexity index is 208. The van der Waals surface area contributed by atoms with E-state index in [1.54, 1.807) is 0 Å². The predicted octanol–water partition coefficient (Wildman–Crippen LogP) is 4.36. The Kier molecular flexibility index (Phi) is 6.30. The first-order chi connectivity index (χ1) is 5.83. The lowest BCUT2D eigenvalue weighted by Crippen LogP contribution is -1.84. The highest BCUT2D eigenvalue weighted by Gasteiger charge is 1.91. The second kappa shape index (κ2) is 6.71. The Labute approximate surface area is 83.0 Å². The lowest BCUT2D eigenvalue weighted by Gasteiger charge is -2.00. The van der Waals surface area contributed by atoms with Crippen molar-refractivity contribution in [2.24, 2.45) is 0 Å². The lowest BCUT2D eigenvalue weighted by molar-refractivity contribution is 0.717. The molecular weight excluding hydrogens is 156 g/mol. The third-order valence-electron chi connectivity index (χ3n) is 2.19. The van der Waals surface area contributed by atoms with Crippen LogP contribution in [-0.4, -0.2) is 0 Å². The Balaban J connectivity index is 0.00000144. The molecule has 13 heavy (non-hydrogen) atoms. The highest BCUT2D eigenvalue weighted by molar-refractivity contribution is 5.21. The summed E-state index contributed by atoms with van der Waals surface area (Å²) in [6.45, 7) is 4.38. The fourth-order valence-corrected chi connectivity index (χ4v) is 1.33. The molecule has 0 aliphatic heterocycles. The van der Waals surface area contributed by atoms with Crippen molar-refractivity contribution >= 4 is 0 Å². The monoisotopic (exact) mass is 178 g/mol. The minimum absolute atomic E-state index is 0. The summed E-state index contributed by atoms with van der Waals surface area (Å²) in [7, 11) is 0. The van der Waals surface area contributed by atoms with Gasteiger partial charge in [0.25, 0.3) is 0 Å². The van der Waals surface area contributed by atoms with Crippen molar-refractivity contribution in [1.29, 1.82) is 0 Å². The quantitative estimate of drug-likeness (QED) is 0.601. The molecule has 1 aromatic rings. The van der Waals surface area contributed by atoms with Crippen LogP contribution in [0, 0.1) is 6.92 Å². The summed E-state index contributed by atoms with van der Waals surface area (Å²) in [5.41, 5.74) is 2.84. The van der Waals surface area contributed by atoms with Gasteiger partial charge in [0.1, 0.15) is 0 Å². The first-order valence-electron chi connectivity index (χ1n) is 4.88. The standard InChI is InChI=1S/C12H18.CH4/c1-3-4-5-6-12-9-7-11(2)8-10-12;/h7-10H,3-6H2,1-2H3;1H4. The van der Waals surface area contributed by atoms with Gasteiger partial charge in [-0.3, -0.25) is 0 Å². The molecule has 0 atom stereocenters. The van der Waals surface area contributed by atoms with Crippen LogP contribution < -0.4 is 0 Å². The minimum Gasteiger partial charge on any atom is -0.0776 e. The van der Waals surface area contributed by atoms with E-state index in [2.05, 4.69) is 38.1 Å². The van der Waals surface area contributed by atoms with E-state index >= 15 is 0 Å². The number of aryl methyl sites for hydroxylation is 2. The first-order valence-corrected chi connectivity index (χ1v) is 4.88. The van der Waals surface area contributed by atoms with Crippen LogP contribution in [0.15, 0.2) is 24.3 Å². The fraction of sp³-hybridized carbons (Fsp3) is 0.538. The number of hydrogen-bond donors (Lipinski definition) is 0. The lowest BCUT2D eigenvalue weighted by atomic mass is 10.1. The van der Waals surface area contributed by atoms with Gasteiger partial charge in [-0.05, 0) is 25.3 Å². The molecule has 0 saturated carbocycles. The summed E-state index contributed by atoms with van der Waals surface area (Å²) in [4.78, 5) is 0. The molecule has 0 aliphatic rings. The van der Waals surface area contributed by atoms with Crippen molar-refractivity contribution in [2.75, 3.05) is 0 Å². The first kappa shape index (κ1) is 12.2. The van der Waals surface area contributed by atoms with Gasteiger partial charge in [-0.2, -0.15) is 0 Å². The van der Waals surface area contributed by atoms with Gasteiger partial charge in [0.15, 0.2) is 0 Å². The van der Waals surface area contributed by atoms with Gasteiger partial charge in [0.05, 0.1) is 0 Å². The Morgan fingerprint density at radius 3 is 2.15 bits per heavy atom. The summed E-state index contributed by atoms with van der Waals surface area (Å²) in [5.74, 6) is 0. The molecule has 0 N–H and O–H groups in total. The number of benzene rings is 1. The molecule has 0 bridgehead atoms. The molecule has 1 aromatic carbocycles. The van der Waals surface area contributed by atoms with Crippen molar-refractivity contribution in [1.82, 2.24) is 0 Å². The topological polar surface area (TPSA) is 0 Å². The second-order valence-corrected chi connectivity index (χ2v) is 3.44. The van der Waals surface area contributed by atoms with Crippen molar-refractivity contribution in [3.63, 3.8) is 0 Å². The Morgan fingerprint density at radius 2 is 1.62 bits per heavy atom. The van der Waals surface area contributed by atoms with Gasteiger partial charge in [-0.1, -0.05) is 57.0 Å². The van der Waals surface area contributed by atoms with Crippen LogP contribution >= 0.6 is 0 Å². The molecular formula is C13H22. The largest absolute Gasteiger partial charge is 0.0776 e. The van der Waals surface area contributed by atoms with Crippen LogP contribution in [-0.2, 0) is 6.42 Å². The zero-order valence-electron chi connectivity index (χ0n) is 8.14. The molecule has 0 heteroatoms. The van der Waals surface area contributed by atoms with Crippen molar-refractivity contribution < 1.29 is 0 Å². The minimum atomic E-state index is 0. The van der Waals surface area contributed by atoms with E-state index in [0.717, 1.165) is 0 Å². The van der Waals surface area contributed by atoms with Crippen LogP contribution in [0.5, 0.6) is 0 Å². The zero-order chi connectivity index (χ0) is 8.81. The number of hydrogen-bond acceptors (Lipinski definition) is 0. The Morgan fingerprint density at radius 1 is 1.00 bits per heavy atom. The van der Waals surface area contributed by atoms with E-state index in [1.165, 1.54) is 36.8 Å². The van der Waals surface area contributed by atoms with Gasteiger partial charge >= 0.3 is 0 Å². The van der Waals surface area contributed by atoms with Gasteiger partial charge in [-0.15, -0.1) is 0 Å². The maximum atomic E-state index is 2.25. The molecule has 0 fully saturated rings. The van der Waals surface area contributed by atoms with Crippen molar-refractivity contribution in [2.45, 2.75) is 47.0 Å². The van der Waals surface area contributed by atoms with E-state index in [-0.39, 0.29) is 7.43 Å². The highest BCUT2D eigenvalue weighted by Crippen LogP contribution is 2.07. The predicted molar refractivity (Wildman–Crippen MR) is 61.1 cm³/mol. The molecule has 0 saturated heterocycles. The normalized spacial score (nSPS) is 9.38. The van der Waals surface area contributed by atoms with E-state index < -0.39 is 0 Å². The number of unbranched alkanes of at least 4 members (excludes halogenated alkanes) is 2. The molecule has 0 unspecified atom stereocenters. The highest BCUT2D eigenvalue weighted by atomic mass is 14.0. The average Bonchev–Trinajstić information content (AvgIpc) is 2.09. The summed E-state index contributed by atoms with van der Waals surface area (Å²) in [5, 5.41) is 0. The van der Waals surface area contributed by atoms with Crippen LogP contribution in [0.25, 0.3) is 0 Å². The summed E-state index contributed by atoms with van der Waals surface area (Å²) < 4.78 is 0.